The molecule has 3 aliphatic carbocycles. The molecule has 3 saturated carbocycles. The largest absolute Gasteiger partial charge is 0.480 e. The fraction of sp³-hybridized carbons (Fsp3) is 0.938. The van der Waals surface area contributed by atoms with Gasteiger partial charge in [-0.1, -0.05) is 0 Å². The predicted molar refractivity (Wildman–Crippen MR) is 78.7 cm³/mol. The Balaban J connectivity index is 1.68. The van der Waals surface area contributed by atoms with E-state index in [1.165, 1.54) is 12.8 Å². The summed E-state index contributed by atoms with van der Waals surface area (Å²) in [6, 6.07) is 1.48. The first-order valence-corrected chi connectivity index (χ1v) is 8.25. The smallest absolute Gasteiger partial charge is 0.323 e. The number of nitrogens with one attached hydrogen (secondary N) is 1. The van der Waals surface area contributed by atoms with E-state index >= 15 is 0 Å². The molecular formula is C16H28N2O2. The number of hydrogen-bond acceptors (Lipinski definition) is 3. The Morgan fingerprint density at radius 1 is 1.30 bits per heavy atom. The number of aliphatic carboxylic acids is 1. The third-order valence-electron chi connectivity index (χ3n) is 5.71. The summed E-state index contributed by atoms with van der Waals surface area (Å²) in [5, 5.41) is 13.2. The third-order valence-corrected chi connectivity index (χ3v) is 5.71. The second-order valence-corrected chi connectivity index (χ2v) is 7.30. The van der Waals surface area contributed by atoms with Crippen LogP contribution in [0.2, 0.25) is 0 Å². The summed E-state index contributed by atoms with van der Waals surface area (Å²) in [7, 11) is 2.20. The zero-order valence-corrected chi connectivity index (χ0v) is 12.8. The zero-order chi connectivity index (χ0) is 14.3. The molecule has 0 amide bonds. The first kappa shape index (κ1) is 14.3. The lowest BCUT2D eigenvalue weighted by molar-refractivity contribution is -0.147. The fourth-order valence-electron chi connectivity index (χ4n) is 3.84. The van der Waals surface area contributed by atoms with Gasteiger partial charge < -0.3 is 10.0 Å². The molecule has 4 nitrogen and oxygen atoms in total. The van der Waals surface area contributed by atoms with Crippen LogP contribution in [0.3, 0.4) is 0 Å². The van der Waals surface area contributed by atoms with Gasteiger partial charge in [0, 0.05) is 18.1 Å². The van der Waals surface area contributed by atoms with Crippen LogP contribution < -0.4 is 5.32 Å². The summed E-state index contributed by atoms with van der Waals surface area (Å²) in [5.41, 5.74) is -0.665. The summed E-state index contributed by atoms with van der Waals surface area (Å²) in [5.74, 6) is 0.208. The van der Waals surface area contributed by atoms with Crippen molar-refractivity contribution in [3.8, 4) is 0 Å². The second kappa shape index (κ2) is 5.30. The van der Waals surface area contributed by atoms with Gasteiger partial charge in [-0.15, -0.1) is 0 Å². The molecule has 0 aromatic heterocycles. The Morgan fingerprint density at radius 2 is 2.00 bits per heavy atom. The van der Waals surface area contributed by atoms with Crippen molar-refractivity contribution in [2.75, 3.05) is 7.05 Å². The highest BCUT2D eigenvalue weighted by atomic mass is 16.4. The SMILES string of the molecule is CC(C1CC1)N(C)C1CCCC(NC2CC2)(C(=O)O)C1. The molecule has 3 unspecified atom stereocenters. The van der Waals surface area contributed by atoms with Crippen LogP contribution in [-0.2, 0) is 4.79 Å². The summed E-state index contributed by atoms with van der Waals surface area (Å²) in [4.78, 5) is 14.3. The molecule has 0 heterocycles. The van der Waals surface area contributed by atoms with E-state index in [1.807, 2.05) is 0 Å². The quantitative estimate of drug-likeness (QED) is 0.783. The number of carboxylic acids is 1. The van der Waals surface area contributed by atoms with E-state index in [0.717, 1.165) is 44.4 Å². The van der Waals surface area contributed by atoms with Gasteiger partial charge in [0.15, 0.2) is 0 Å². The highest BCUT2D eigenvalue weighted by molar-refractivity contribution is 5.79. The summed E-state index contributed by atoms with van der Waals surface area (Å²) >= 11 is 0. The highest BCUT2D eigenvalue weighted by Crippen LogP contribution is 2.39. The Morgan fingerprint density at radius 3 is 2.55 bits per heavy atom. The zero-order valence-electron chi connectivity index (χ0n) is 12.8. The van der Waals surface area contributed by atoms with E-state index < -0.39 is 11.5 Å². The van der Waals surface area contributed by atoms with Crippen molar-refractivity contribution >= 4 is 5.97 Å². The molecule has 4 heteroatoms. The van der Waals surface area contributed by atoms with Gasteiger partial charge in [0.2, 0.25) is 0 Å². The van der Waals surface area contributed by atoms with E-state index in [0.29, 0.717) is 18.1 Å². The lowest BCUT2D eigenvalue weighted by Crippen LogP contribution is -2.59. The first-order valence-electron chi connectivity index (χ1n) is 8.25. The molecule has 0 saturated heterocycles. The molecule has 114 valence electrons. The van der Waals surface area contributed by atoms with Gasteiger partial charge in [0.25, 0.3) is 0 Å². The van der Waals surface area contributed by atoms with Gasteiger partial charge in [-0.3, -0.25) is 10.1 Å². The van der Waals surface area contributed by atoms with Crippen molar-refractivity contribution in [1.82, 2.24) is 10.2 Å². The van der Waals surface area contributed by atoms with Crippen LogP contribution in [0.25, 0.3) is 0 Å². The van der Waals surface area contributed by atoms with Crippen molar-refractivity contribution in [2.45, 2.75) is 82.0 Å². The van der Waals surface area contributed by atoms with Crippen LogP contribution >= 0.6 is 0 Å². The van der Waals surface area contributed by atoms with Crippen LogP contribution in [0.4, 0.5) is 0 Å². The summed E-state index contributed by atoms with van der Waals surface area (Å²) in [6.45, 7) is 2.31. The lowest BCUT2D eigenvalue weighted by atomic mass is 9.78. The molecule has 0 aromatic carbocycles. The summed E-state index contributed by atoms with van der Waals surface area (Å²) < 4.78 is 0. The van der Waals surface area contributed by atoms with Crippen LogP contribution in [0, 0.1) is 5.92 Å². The number of rotatable bonds is 6. The van der Waals surface area contributed by atoms with E-state index in [4.69, 9.17) is 0 Å². The van der Waals surface area contributed by atoms with E-state index in [9.17, 15) is 9.90 Å². The molecule has 0 aromatic rings. The number of carbonyl (C=O) groups is 1. The Bertz CT molecular complexity index is 379. The molecule has 0 radical (unpaired) electrons. The monoisotopic (exact) mass is 280 g/mol. The summed E-state index contributed by atoms with van der Waals surface area (Å²) in [6.07, 6.45) is 8.73. The minimum Gasteiger partial charge on any atom is -0.480 e. The molecule has 20 heavy (non-hydrogen) atoms. The van der Waals surface area contributed by atoms with Crippen LogP contribution in [-0.4, -0.2) is 46.7 Å². The molecule has 0 bridgehead atoms. The second-order valence-electron chi connectivity index (χ2n) is 7.30. The molecular weight excluding hydrogens is 252 g/mol. The minimum absolute atomic E-state index is 0.418. The topological polar surface area (TPSA) is 52.6 Å². The van der Waals surface area contributed by atoms with Crippen molar-refractivity contribution in [3.63, 3.8) is 0 Å². The van der Waals surface area contributed by atoms with Gasteiger partial charge in [-0.05, 0) is 71.3 Å². The van der Waals surface area contributed by atoms with Crippen LogP contribution in [0.1, 0.15) is 58.3 Å². The number of hydrogen-bond donors (Lipinski definition) is 2. The lowest BCUT2D eigenvalue weighted by Gasteiger charge is -2.43. The number of carboxylic acid groups (broad SMARTS) is 1. The van der Waals surface area contributed by atoms with Crippen molar-refractivity contribution in [1.29, 1.82) is 0 Å². The molecule has 0 aliphatic heterocycles. The Kier molecular flexibility index (Phi) is 3.80. The van der Waals surface area contributed by atoms with Gasteiger partial charge in [0.05, 0.1) is 0 Å². The maximum absolute atomic E-state index is 11.8. The van der Waals surface area contributed by atoms with Gasteiger partial charge in [-0.2, -0.15) is 0 Å². The first-order chi connectivity index (χ1) is 9.52. The molecule has 3 atom stereocenters. The normalized spacial score (nSPS) is 36.0. The average Bonchev–Trinajstić information content (AvgIpc) is 3.30. The maximum atomic E-state index is 11.8. The molecule has 3 rings (SSSR count). The van der Waals surface area contributed by atoms with Gasteiger partial charge in [0.1, 0.15) is 5.54 Å². The van der Waals surface area contributed by atoms with Crippen LogP contribution in [0.5, 0.6) is 0 Å². The van der Waals surface area contributed by atoms with Crippen molar-refractivity contribution in [3.05, 3.63) is 0 Å². The molecule has 2 N–H and O–H groups in total. The van der Waals surface area contributed by atoms with Gasteiger partial charge in [-0.25, -0.2) is 0 Å². The van der Waals surface area contributed by atoms with E-state index in [-0.39, 0.29) is 0 Å². The third kappa shape index (κ3) is 2.86. The average molecular weight is 280 g/mol. The maximum Gasteiger partial charge on any atom is 0.323 e. The molecule has 0 spiro atoms. The Hall–Kier alpha value is -0.610. The molecule has 3 aliphatic rings. The fourth-order valence-corrected chi connectivity index (χ4v) is 3.84. The van der Waals surface area contributed by atoms with Gasteiger partial charge >= 0.3 is 5.97 Å². The van der Waals surface area contributed by atoms with E-state index in [1.54, 1.807) is 0 Å². The minimum atomic E-state index is -0.665. The highest BCUT2D eigenvalue weighted by Gasteiger charge is 2.47. The Labute approximate surface area is 121 Å². The van der Waals surface area contributed by atoms with Crippen molar-refractivity contribution < 1.29 is 9.90 Å². The number of nitrogens with zero attached hydrogens (tertiary/aromatic N) is 1. The van der Waals surface area contributed by atoms with E-state index in [2.05, 4.69) is 24.2 Å². The van der Waals surface area contributed by atoms with Crippen LogP contribution in [0.15, 0.2) is 0 Å². The predicted octanol–water partition coefficient (Wildman–Crippen LogP) is 2.23. The standard InChI is InChI=1S/C16H28N2O2/c1-11(12-5-6-12)18(2)14-4-3-9-16(10-14,15(19)20)17-13-7-8-13/h11-14,17H,3-10H2,1-2H3,(H,19,20). The molecule has 3 fully saturated rings. The van der Waals surface area contributed by atoms with Crippen molar-refractivity contribution in [2.24, 2.45) is 5.92 Å².